The molecule has 0 spiro atoms. The van der Waals surface area contributed by atoms with Gasteiger partial charge >= 0.3 is 11.8 Å². The number of aromatic nitrogens is 2. The maximum absolute atomic E-state index is 11.9. The molecule has 0 radical (unpaired) electrons. The molecular formula is C23H25N5O2. The molecule has 0 fully saturated rings. The number of hydrazone groups is 1. The van der Waals surface area contributed by atoms with Gasteiger partial charge in [0.2, 0.25) is 0 Å². The summed E-state index contributed by atoms with van der Waals surface area (Å²) in [6, 6.07) is 13.7. The lowest BCUT2D eigenvalue weighted by Gasteiger charge is -2.11. The molecule has 154 valence electrons. The second kappa shape index (κ2) is 9.17. The van der Waals surface area contributed by atoms with Crippen LogP contribution >= 0.6 is 0 Å². The summed E-state index contributed by atoms with van der Waals surface area (Å²) >= 11 is 0. The summed E-state index contributed by atoms with van der Waals surface area (Å²) in [5.41, 5.74) is 9.32. The van der Waals surface area contributed by atoms with Crippen LogP contribution in [-0.2, 0) is 16.1 Å². The van der Waals surface area contributed by atoms with E-state index in [0.717, 1.165) is 22.6 Å². The van der Waals surface area contributed by atoms with Gasteiger partial charge in [0.15, 0.2) is 0 Å². The van der Waals surface area contributed by atoms with E-state index in [4.69, 9.17) is 0 Å². The van der Waals surface area contributed by atoms with Crippen molar-refractivity contribution >= 4 is 18.0 Å². The monoisotopic (exact) mass is 403 g/mol. The molecule has 0 aliphatic carbocycles. The third-order valence-corrected chi connectivity index (χ3v) is 4.67. The molecule has 0 aliphatic rings. The minimum atomic E-state index is -0.828. The summed E-state index contributed by atoms with van der Waals surface area (Å²) in [5.74, 6) is -1.59. The van der Waals surface area contributed by atoms with Crippen LogP contribution < -0.4 is 10.7 Å². The normalized spacial score (nSPS) is 10.9. The van der Waals surface area contributed by atoms with Gasteiger partial charge in [0.05, 0.1) is 18.5 Å². The Bertz CT molecular complexity index is 1080. The van der Waals surface area contributed by atoms with Crippen molar-refractivity contribution in [1.82, 2.24) is 20.3 Å². The Hall–Kier alpha value is -3.74. The number of carbonyl (C=O) groups is 2. The molecule has 7 nitrogen and oxygen atoms in total. The van der Waals surface area contributed by atoms with Gasteiger partial charge in [0.25, 0.3) is 0 Å². The molecule has 2 amide bonds. The fraction of sp³-hybridized carbons (Fsp3) is 0.217. The van der Waals surface area contributed by atoms with E-state index >= 15 is 0 Å². The zero-order valence-corrected chi connectivity index (χ0v) is 17.6. The number of pyridine rings is 1. The first-order chi connectivity index (χ1) is 14.3. The third kappa shape index (κ3) is 5.00. The molecule has 0 atom stereocenters. The largest absolute Gasteiger partial charge is 0.342 e. The molecule has 2 heterocycles. The van der Waals surface area contributed by atoms with Crippen LogP contribution in [0.1, 0.15) is 33.8 Å². The fourth-order valence-corrected chi connectivity index (χ4v) is 3.36. The van der Waals surface area contributed by atoms with Crippen molar-refractivity contribution in [1.29, 1.82) is 0 Å². The Kier molecular flexibility index (Phi) is 6.41. The molecule has 0 aliphatic heterocycles. The van der Waals surface area contributed by atoms with Crippen molar-refractivity contribution in [3.05, 3.63) is 82.4 Å². The predicted octanol–water partition coefficient (Wildman–Crippen LogP) is 2.87. The third-order valence-electron chi connectivity index (χ3n) is 4.67. The number of hydrogen-bond donors (Lipinski definition) is 2. The molecule has 2 N–H and O–H groups in total. The highest BCUT2D eigenvalue weighted by Gasteiger charge is 2.13. The van der Waals surface area contributed by atoms with Gasteiger partial charge in [-0.25, -0.2) is 5.43 Å². The van der Waals surface area contributed by atoms with Gasteiger partial charge in [-0.3, -0.25) is 14.6 Å². The summed E-state index contributed by atoms with van der Waals surface area (Å²) in [7, 11) is 0. The van der Waals surface area contributed by atoms with Crippen molar-refractivity contribution < 1.29 is 9.59 Å². The highest BCUT2D eigenvalue weighted by Crippen LogP contribution is 2.21. The summed E-state index contributed by atoms with van der Waals surface area (Å²) in [6.07, 6.45) is 3.17. The number of nitrogens with zero attached hydrogens (tertiary/aromatic N) is 3. The first-order valence-electron chi connectivity index (χ1n) is 9.64. The number of carbonyl (C=O) groups excluding carboxylic acids is 2. The van der Waals surface area contributed by atoms with E-state index in [1.54, 1.807) is 24.5 Å². The number of benzene rings is 1. The van der Waals surface area contributed by atoms with Crippen LogP contribution in [0.15, 0.2) is 53.8 Å². The Morgan fingerprint density at radius 2 is 1.77 bits per heavy atom. The highest BCUT2D eigenvalue weighted by molar-refractivity contribution is 6.35. The molecule has 3 rings (SSSR count). The standard InChI is InChI=1S/C23H25N5O2/c1-15-9-16(2)11-21(10-15)28-17(3)12-19(18(28)4)13-26-27-23(30)22(29)25-14-20-7-5-6-8-24-20/h5-13H,14H2,1-4H3,(H,25,29)(H,27,30)/b26-13-. The number of aryl methyl sites for hydroxylation is 3. The molecule has 0 saturated carbocycles. The second-order valence-corrected chi connectivity index (χ2v) is 7.21. The van der Waals surface area contributed by atoms with E-state index in [2.05, 4.69) is 57.4 Å². The van der Waals surface area contributed by atoms with Gasteiger partial charge in [-0.1, -0.05) is 12.1 Å². The molecule has 30 heavy (non-hydrogen) atoms. The van der Waals surface area contributed by atoms with E-state index in [1.165, 1.54) is 11.1 Å². The van der Waals surface area contributed by atoms with E-state index in [9.17, 15) is 9.59 Å². The SMILES string of the molecule is Cc1cc(C)cc(-n2c(C)cc(/C=N\NC(=O)C(=O)NCc3ccccn3)c2C)c1. The maximum atomic E-state index is 11.9. The summed E-state index contributed by atoms with van der Waals surface area (Å²) < 4.78 is 2.14. The number of hydrogen-bond acceptors (Lipinski definition) is 4. The van der Waals surface area contributed by atoms with E-state index < -0.39 is 11.8 Å². The molecule has 0 saturated heterocycles. The van der Waals surface area contributed by atoms with Gasteiger partial charge in [0, 0.05) is 28.8 Å². The van der Waals surface area contributed by atoms with Gasteiger partial charge < -0.3 is 9.88 Å². The molecule has 3 aromatic rings. The smallest absolute Gasteiger partial charge is 0.329 e. The first kappa shape index (κ1) is 21.0. The average molecular weight is 403 g/mol. The van der Waals surface area contributed by atoms with Crippen molar-refractivity contribution in [2.45, 2.75) is 34.2 Å². The minimum Gasteiger partial charge on any atom is -0.342 e. The zero-order chi connectivity index (χ0) is 21.7. The first-order valence-corrected chi connectivity index (χ1v) is 9.64. The van der Waals surface area contributed by atoms with Crippen molar-refractivity contribution in [3.8, 4) is 5.69 Å². The Morgan fingerprint density at radius 1 is 1.03 bits per heavy atom. The van der Waals surface area contributed by atoms with Crippen molar-refractivity contribution in [2.75, 3.05) is 0 Å². The topological polar surface area (TPSA) is 88.4 Å². The van der Waals surface area contributed by atoms with E-state index in [0.29, 0.717) is 5.69 Å². The minimum absolute atomic E-state index is 0.174. The quantitative estimate of drug-likeness (QED) is 0.390. The predicted molar refractivity (Wildman–Crippen MR) is 117 cm³/mol. The molecule has 2 aromatic heterocycles. The summed E-state index contributed by atoms with van der Waals surface area (Å²) in [6.45, 7) is 8.33. The van der Waals surface area contributed by atoms with Crippen molar-refractivity contribution in [3.63, 3.8) is 0 Å². The molecule has 0 unspecified atom stereocenters. The fourth-order valence-electron chi connectivity index (χ4n) is 3.36. The Labute approximate surface area is 175 Å². The Morgan fingerprint density at radius 3 is 2.43 bits per heavy atom. The number of nitrogens with one attached hydrogen (secondary N) is 2. The Balaban J connectivity index is 1.65. The van der Waals surface area contributed by atoms with Crippen LogP contribution in [0.3, 0.4) is 0 Å². The molecule has 1 aromatic carbocycles. The number of amides is 2. The van der Waals surface area contributed by atoms with Crippen LogP contribution in [0, 0.1) is 27.7 Å². The second-order valence-electron chi connectivity index (χ2n) is 7.21. The van der Waals surface area contributed by atoms with Crippen LogP contribution in [0.4, 0.5) is 0 Å². The summed E-state index contributed by atoms with van der Waals surface area (Å²) in [4.78, 5) is 27.9. The van der Waals surface area contributed by atoms with Crippen LogP contribution in [-0.4, -0.2) is 27.6 Å². The zero-order valence-electron chi connectivity index (χ0n) is 17.6. The molecular weight excluding hydrogens is 378 g/mol. The number of rotatable bonds is 5. The van der Waals surface area contributed by atoms with Crippen LogP contribution in [0.2, 0.25) is 0 Å². The van der Waals surface area contributed by atoms with E-state index in [-0.39, 0.29) is 6.54 Å². The summed E-state index contributed by atoms with van der Waals surface area (Å²) in [5, 5.41) is 6.46. The average Bonchev–Trinajstić information content (AvgIpc) is 2.99. The lowest BCUT2D eigenvalue weighted by molar-refractivity contribution is -0.139. The molecule has 7 heteroatoms. The highest BCUT2D eigenvalue weighted by atomic mass is 16.2. The maximum Gasteiger partial charge on any atom is 0.329 e. The lowest BCUT2D eigenvalue weighted by atomic mass is 10.1. The molecule has 0 bridgehead atoms. The van der Waals surface area contributed by atoms with Gasteiger partial charge in [0.1, 0.15) is 0 Å². The van der Waals surface area contributed by atoms with Crippen LogP contribution in [0.25, 0.3) is 5.69 Å². The van der Waals surface area contributed by atoms with Crippen molar-refractivity contribution in [2.24, 2.45) is 5.10 Å². The van der Waals surface area contributed by atoms with E-state index in [1.807, 2.05) is 26.0 Å². The van der Waals surface area contributed by atoms with Gasteiger partial charge in [-0.05, 0) is 69.2 Å². The van der Waals surface area contributed by atoms with Gasteiger partial charge in [-0.2, -0.15) is 5.10 Å². The van der Waals surface area contributed by atoms with Gasteiger partial charge in [-0.15, -0.1) is 0 Å². The van der Waals surface area contributed by atoms with Crippen LogP contribution in [0.5, 0.6) is 0 Å². The lowest BCUT2D eigenvalue weighted by Crippen LogP contribution is -2.37.